The van der Waals surface area contributed by atoms with E-state index in [2.05, 4.69) is 5.32 Å². The molecule has 3 atom stereocenters. The summed E-state index contributed by atoms with van der Waals surface area (Å²) in [5.74, 6) is 0.725. The Morgan fingerprint density at radius 1 is 1.17 bits per heavy atom. The topological polar surface area (TPSA) is 135 Å². The van der Waals surface area contributed by atoms with Gasteiger partial charge < -0.3 is 34.6 Å². The molecule has 2 amide bonds. The Kier molecular flexibility index (Phi) is 12.4. The molecule has 1 aliphatic rings. The van der Waals surface area contributed by atoms with E-state index >= 15 is 0 Å². The monoisotopic (exact) mass is 680 g/mol. The molecular weight excluding hydrogens is 643 g/mol. The number of aldehydes is 1. The van der Waals surface area contributed by atoms with Crippen LogP contribution in [0.25, 0.3) is 0 Å². The number of aliphatic hydroxyl groups excluding tert-OH is 2. The molecule has 0 fully saturated rings. The molecule has 2 aromatic rings. The first kappa shape index (κ1) is 32.4. The minimum atomic E-state index is -1.19. The fraction of sp³-hybridized carbons (Fsp3) is 0.433. The first-order valence-corrected chi connectivity index (χ1v) is 14.5. The van der Waals surface area contributed by atoms with Crippen LogP contribution < -0.4 is 19.5 Å². The van der Waals surface area contributed by atoms with E-state index < -0.39 is 24.2 Å². The molecule has 0 saturated heterocycles. The molecule has 0 heterocycles. The van der Waals surface area contributed by atoms with Crippen LogP contribution in [0.15, 0.2) is 48.0 Å². The Labute approximate surface area is 253 Å². The van der Waals surface area contributed by atoms with E-state index in [0.29, 0.717) is 51.1 Å². The van der Waals surface area contributed by atoms with E-state index in [4.69, 9.17) is 14.2 Å². The first-order valence-electron chi connectivity index (χ1n) is 13.5. The molecule has 0 spiro atoms. The number of nitrogens with zero attached hydrogens (tertiary/aromatic N) is 1. The molecule has 0 unspecified atom stereocenters. The van der Waals surface area contributed by atoms with Crippen LogP contribution in [-0.4, -0.2) is 85.4 Å². The van der Waals surface area contributed by atoms with E-state index in [-0.39, 0.29) is 38.4 Å². The molecule has 1 aliphatic carbocycles. The summed E-state index contributed by atoms with van der Waals surface area (Å²) in [5.41, 5.74) is 1.63. The zero-order valence-electron chi connectivity index (χ0n) is 23.5. The van der Waals surface area contributed by atoms with Gasteiger partial charge in [-0.25, -0.2) is 0 Å². The lowest BCUT2D eigenvalue weighted by Gasteiger charge is -2.41. The second-order valence-electron chi connectivity index (χ2n) is 9.57. The Morgan fingerprint density at radius 2 is 1.90 bits per heavy atom. The van der Waals surface area contributed by atoms with Crippen molar-refractivity contribution in [1.29, 1.82) is 0 Å². The van der Waals surface area contributed by atoms with Crippen LogP contribution in [0.3, 0.4) is 0 Å². The van der Waals surface area contributed by atoms with E-state index in [1.165, 1.54) is 13.2 Å². The van der Waals surface area contributed by atoms with Crippen molar-refractivity contribution >= 4 is 40.7 Å². The van der Waals surface area contributed by atoms with E-state index in [1.54, 1.807) is 24.2 Å². The number of hydrogen-bond donors (Lipinski definition) is 3. The highest BCUT2D eigenvalue weighted by Gasteiger charge is 2.40. The largest absolute Gasteiger partial charge is 0.496 e. The highest BCUT2D eigenvalue weighted by atomic mass is 127. The lowest BCUT2D eigenvalue weighted by molar-refractivity contribution is -0.138. The van der Waals surface area contributed by atoms with Gasteiger partial charge >= 0.3 is 0 Å². The van der Waals surface area contributed by atoms with Crippen molar-refractivity contribution < 1.29 is 38.8 Å². The number of hydrogen-bond acceptors (Lipinski definition) is 8. The molecule has 3 rings (SSSR count). The first-order chi connectivity index (χ1) is 19.8. The number of benzene rings is 2. The molecule has 0 saturated carbocycles. The summed E-state index contributed by atoms with van der Waals surface area (Å²) in [5, 5.41) is 23.5. The molecule has 11 heteroatoms. The fourth-order valence-corrected chi connectivity index (χ4v) is 5.57. The molecule has 0 radical (unpaired) electrons. The summed E-state index contributed by atoms with van der Waals surface area (Å²) >= 11 is 2.02. The van der Waals surface area contributed by atoms with Gasteiger partial charge in [0, 0.05) is 37.1 Å². The number of carbonyl (C=O) groups is 3. The lowest BCUT2D eigenvalue weighted by atomic mass is 9.87. The summed E-state index contributed by atoms with van der Waals surface area (Å²) in [7, 11) is 3.03. The molecule has 0 aromatic heterocycles. The zero-order valence-corrected chi connectivity index (χ0v) is 25.6. The second kappa shape index (κ2) is 15.7. The molecule has 0 bridgehead atoms. The van der Waals surface area contributed by atoms with Gasteiger partial charge in [-0.2, -0.15) is 0 Å². The van der Waals surface area contributed by atoms with Gasteiger partial charge in [-0.3, -0.25) is 14.4 Å². The van der Waals surface area contributed by atoms with Gasteiger partial charge in [-0.05, 0) is 65.3 Å². The number of carbonyl (C=O) groups excluding carboxylic acids is 3. The van der Waals surface area contributed by atoms with Crippen molar-refractivity contribution in [2.75, 3.05) is 33.9 Å². The minimum absolute atomic E-state index is 0.0556. The number of rotatable bonds is 14. The molecular formula is C30H37IN2O8. The molecule has 222 valence electrons. The van der Waals surface area contributed by atoms with Crippen LogP contribution in [-0.2, 0) is 16.0 Å². The van der Waals surface area contributed by atoms with Crippen LogP contribution in [0.4, 0.5) is 0 Å². The maximum absolute atomic E-state index is 13.4. The van der Waals surface area contributed by atoms with Gasteiger partial charge in [-0.15, -0.1) is 0 Å². The van der Waals surface area contributed by atoms with Crippen molar-refractivity contribution in [2.45, 2.75) is 50.9 Å². The fourth-order valence-electron chi connectivity index (χ4n) is 4.82. The summed E-state index contributed by atoms with van der Waals surface area (Å²) in [6.07, 6.45) is 1.49. The van der Waals surface area contributed by atoms with Gasteiger partial charge in [0.15, 0.2) is 11.5 Å². The summed E-state index contributed by atoms with van der Waals surface area (Å²) in [6.45, 7) is 2.02. The number of ether oxygens (including phenoxy) is 3. The number of halogens is 1. The predicted octanol–water partition coefficient (Wildman–Crippen LogP) is 2.91. The molecule has 10 nitrogen and oxygen atoms in total. The maximum atomic E-state index is 13.4. The average Bonchev–Trinajstić information content (AvgIpc) is 2.98. The van der Waals surface area contributed by atoms with Gasteiger partial charge in [-0.1, -0.05) is 25.1 Å². The number of nitrogens with one attached hydrogen (secondary N) is 1. The summed E-state index contributed by atoms with van der Waals surface area (Å²) in [6, 6.07) is 9.92. The van der Waals surface area contributed by atoms with Crippen molar-refractivity contribution in [3.63, 3.8) is 0 Å². The Balaban J connectivity index is 2.00. The highest BCUT2D eigenvalue weighted by molar-refractivity contribution is 14.1. The lowest BCUT2D eigenvalue weighted by Crippen LogP contribution is -2.55. The number of aliphatic hydroxyl groups is 2. The third kappa shape index (κ3) is 8.20. The molecule has 41 heavy (non-hydrogen) atoms. The third-order valence-corrected chi connectivity index (χ3v) is 7.66. The van der Waals surface area contributed by atoms with Gasteiger partial charge in [0.2, 0.25) is 11.8 Å². The van der Waals surface area contributed by atoms with Gasteiger partial charge in [0.25, 0.3) is 0 Å². The summed E-state index contributed by atoms with van der Waals surface area (Å²) < 4.78 is 17.8. The van der Waals surface area contributed by atoms with E-state index in [0.717, 1.165) is 5.56 Å². The minimum Gasteiger partial charge on any atom is -0.496 e. The molecule has 0 aliphatic heterocycles. The van der Waals surface area contributed by atoms with E-state index in [9.17, 15) is 24.6 Å². The number of para-hydroxylation sites is 1. The smallest absolute Gasteiger partial charge is 0.247 e. The van der Waals surface area contributed by atoms with Crippen molar-refractivity contribution in [1.82, 2.24) is 10.2 Å². The highest BCUT2D eigenvalue weighted by Crippen LogP contribution is 2.37. The van der Waals surface area contributed by atoms with Crippen molar-refractivity contribution in [3.05, 3.63) is 62.7 Å². The Bertz CT molecular complexity index is 1250. The normalized spacial score (nSPS) is 18.2. The standard InChI is InChI=1S/C30H37IN2O8/c1-4-7-27(36)33(12-10-20-8-5-6-9-24(20)39-2)23-16-21(30(38)32-11-13-34)17-25(28(23)37)41-29-22(31)14-19(18-35)15-26(29)40-3/h5-6,8-9,14-15,17-18,23,25,28,34,37H,4,7,10-13,16H2,1-3H3,(H,32,38)/t23-,25+,28+/m1/s1. The second-order valence-corrected chi connectivity index (χ2v) is 10.7. The van der Waals surface area contributed by atoms with Crippen LogP contribution in [0, 0.1) is 3.57 Å². The van der Waals surface area contributed by atoms with Crippen LogP contribution in [0.2, 0.25) is 0 Å². The number of amides is 2. The Hall–Kier alpha value is -3.16. The average molecular weight is 681 g/mol. The molecule has 2 aromatic carbocycles. The molecule has 3 N–H and O–H groups in total. The van der Waals surface area contributed by atoms with Crippen molar-refractivity contribution in [3.8, 4) is 17.2 Å². The SMILES string of the molecule is CCCC(=O)N(CCc1ccccc1OC)[C@@H]1CC(C(=O)NCCO)=C[C@H](Oc2c(I)cc(C=O)cc2OC)[C@H]1O. The zero-order chi connectivity index (χ0) is 29.9. The third-order valence-electron chi connectivity index (χ3n) is 6.86. The van der Waals surface area contributed by atoms with Crippen LogP contribution >= 0.6 is 22.6 Å². The van der Waals surface area contributed by atoms with Crippen LogP contribution in [0.5, 0.6) is 17.2 Å². The Morgan fingerprint density at radius 3 is 2.56 bits per heavy atom. The van der Waals surface area contributed by atoms with E-state index in [1.807, 2.05) is 53.8 Å². The van der Waals surface area contributed by atoms with Gasteiger partial charge in [0.05, 0.1) is 30.4 Å². The van der Waals surface area contributed by atoms with Crippen molar-refractivity contribution in [2.24, 2.45) is 0 Å². The summed E-state index contributed by atoms with van der Waals surface area (Å²) in [4.78, 5) is 39.5. The number of methoxy groups -OCH3 is 2. The quantitative estimate of drug-likeness (QED) is 0.205. The van der Waals surface area contributed by atoms with Gasteiger partial charge in [0.1, 0.15) is 24.2 Å². The van der Waals surface area contributed by atoms with Crippen LogP contribution in [0.1, 0.15) is 42.1 Å². The maximum Gasteiger partial charge on any atom is 0.247 e. The predicted molar refractivity (Wildman–Crippen MR) is 161 cm³/mol.